The Bertz CT molecular complexity index is 694. The first kappa shape index (κ1) is 11.7. The van der Waals surface area contributed by atoms with Crippen LogP contribution in [0.1, 0.15) is 5.76 Å². The maximum Gasteiger partial charge on any atom is 0.294 e. The molecule has 0 radical (unpaired) electrons. The SMILES string of the molecule is O=C1NC(=S)OC1=CC=Cc1cc2ccccc2o1. The van der Waals surface area contributed by atoms with E-state index in [1.807, 2.05) is 30.3 Å². The first-order valence-electron chi connectivity index (χ1n) is 5.62. The fraction of sp³-hybridized carbons (Fsp3) is 0. The monoisotopic (exact) mass is 271 g/mol. The minimum Gasteiger partial charge on any atom is -0.457 e. The van der Waals surface area contributed by atoms with Crippen molar-refractivity contribution in [2.45, 2.75) is 0 Å². The molecule has 4 nitrogen and oxygen atoms in total. The average molecular weight is 271 g/mol. The first-order valence-corrected chi connectivity index (χ1v) is 6.03. The summed E-state index contributed by atoms with van der Waals surface area (Å²) in [4.78, 5) is 11.3. The van der Waals surface area contributed by atoms with Crippen LogP contribution in [0.5, 0.6) is 0 Å². The van der Waals surface area contributed by atoms with Crippen LogP contribution in [0, 0.1) is 0 Å². The standard InChI is InChI=1S/C14H9NO3S/c16-13-12(18-14(19)15-13)7-3-5-10-8-9-4-1-2-6-11(9)17-10/h1-8H,(H,15,16,19). The van der Waals surface area contributed by atoms with Gasteiger partial charge in [-0.15, -0.1) is 0 Å². The van der Waals surface area contributed by atoms with Crippen molar-refractivity contribution in [1.82, 2.24) is 5.32 Å². The zero-order chi connectivity index (χ0) is 13.2. The Morgan fingerprint density at radius 3 is 2.84 bits per heavy atom. The van der Waals surface area contributed by atoms with E-state index in [1.54, 1.807) is 18.2 Å². The van der Waals surface area contributed by atoms with Crippen molar-refractivity contribution in [2.75, 3.05) is 0 Å². The smallest absolute Gasteiger partial charge is 0.294 e. The van der Waals surface area contributed by atoms with Gasteiger partial charge in [-0.1, -0.05) is 24.3 Å². The molecule has 2 aromatic rings. The molecule has 0 saturated carbocycles. The molecule has 1 saturated heterocycles. The summed E-state index contributed by atoms with van der Waals surface area (Å²) in [6.45, 7) is 0. The summed E-state index contributed by atoms with van der Waals surface area (Å²) in [7, 11) is 0. The molecule has 1 aliphatic heterocycles. The number of hydrogen-bond donors (Lipinski definition) is 1. The fourth-order valence-electron chi connectivity index (χ4n) is 1.75. The number of para-hydroxylation sites is 1. The highest BCUT2D eigenvalue weighted by molar-refractivity contribution is 7.80. The van der Waals surface area contributed by atoms with E-state index in [0.717, 1.165) is 11.0 Å². The van der Waals surface area contributed by atoms with Gasteiger partial charge in [0.25, 0.3) is 11.1 Å². The second-order valence-electron chi connectivity index (χ2n) is 3.92. The molecule has 1 amide bonds. The molecule has 0 bridgehead atoms. The van der Waals surface area contributed by atoms with Gasteiger partial charge in [-0.25, -0.2) is 0 Å². The van der Waals surface area contributed by atoms with Crippen LogP contribution in [-0.2, 0) is 9.53 Å². The predicted molar refractivity (Wildman–Crippen MR) is 75.2 cm³/mol. The van der Waals surface area contributed by atoms with Gasteiger partial charge in [-0.3, -0.25) is 10.1 Å². The van der Waals surface area contributed by atoms with Crippen LogP contribution in [0.4, 0.5) is 0 Å². The van der Waals surface area contributed by atoms with Gasteiger partial charge in [0, 0.05) is 5.39 Å². The molecule has 1 aromatic heterocycles. The predicted octanol–water partition coefficient (Wildman–Crippen LogP) is 2.76. The third-order valence-electron chi connectivity index (χ3n) is 2.59. The summed E-state index contributed by atoms with van der Waals surface area (Å²) >= 11 is 4.72. The summed E-state index contributed by atoms with van der Waals surface area (Å²) in [5, 5.41) is 3.49. The molecule has 1 aromatic carbocycles. The Kier molecular flexibility index (Phi) is 2.89. The van der Waals surface area contributed by atoms with E-state index in [4.69, 9.17) is 21.4 Å². The molecule has 0 spiro atoms. The van der Waals surface area contributed by atoms with Crippen LogP contribution in [0.2, 0.25) is 0 Å². The van der Waals surface area contributed by atoms with E-state index < -0.39 is 0 Å². The van der Waals surface area contributed by atoms with Crippen LogP contribution < -0.4 is 5.32 Å². The van der Waals surface area contributed by atoms with E-state index in [-0.39, 0.29) is 16.8 Å². The zero-order valence-corrected chi connectivity index (χ0v) is 10.6. The van der Waals surface area contributed by atoms with Crippen LogP contribution in [0.3, 0.4) is 0 Å². The van der Waals surface area contributed by atoms with Crippen LogP contribution >= 0.6 is 12.2 Å². The summed E-state index contributed by atoms with van der Waals surface area (Å²) in [5.74, 6) is 0.552. The molecule has 3 rings (SSSR count). The minimum absolute atomic E-state index is 0.0772. The lowest BCUT2D eigenvalue weighted by Gasteiger charge is -1.89. The molecule has 1 aliphatic rings. The van der Waals surface area contributed by atoms with Crippen LogP contribution in [0.15, 0.2) is 52.7 Å². The van der Waals surface area contributed by atoms with E-state index in [2.05, 4.69) is 5.32 Å². The van der Waals surface area contributed by atoms with Crippen LogP contribution in [-0.4, -0.2) is 11.1 Å². The summed E-state index contributed by atoms with van der Waals surface area (Å²) < 4.78 is 10.6. The molecule has 94 valence electrons. The van der Waals surface area contributed by atoms with E-state index >= 15 is 0 Å². The van der Waals surface area contributed by atoms with Crippen molar-refractivity contribution in [1.29, 1.82) is 0 Å². The lowest BCUT2D eigenvalue weighted by molar-refractivity contribution is -0.116. The quantitative estimate of drug-likeness (QED) is 0.674. The Labute approximate surface area is 114 Å². The number of benzene rings is 1. The van der Waals surface area contributed by atoms with Crippen molar-refractivity contribution < 1.29 is 13.9 Å². The largest absolute Gasteiger partial charge is 0.457 e. The zero-order valence-electron chi connectivity index (χ0n) is 9.75. The van der Waals surface area contributed by atoms with Crippen molar-refractivity contribution >= 4 is 40.3 Å². The molecule has 0 atom stereocenters. The topological polar surface area (TPSA) is 51.5 Å². The number of carbonyl (C=O) groups is 1. The molecule has 1 N–H and O–H groups in total. The highest BCUT2D eigenvalue weighted by Crippen LogP contribution is 2.19. The van der Waals surface area contributed by atoms with Gasteiger partial charge in [0.1, 0.15) is 11.3 Å². The number of thiocarbonyl (C=S) groups is 1. The maximum absolute atomic E-state index is 11.3. The van der Waals surface area contributed by atoms with Crippen molar-refractivity contribution in [3.05, 3.63) is 54.0 Å². The van der Waals surface area contributed by atoms with E-state index in [9.17, 15) is 4.79 Å². The Hall–Kier alpha value is -2.40. The van der Waals surface area contributed by atoms with Gasteiger partial charge < -0.3 is 9.15 Å². The van der Waals surface area contributed by atoms with Gasteiger partial charge in [0.15, 0.2) is 5.76 Å². The number of furan rings is 1. The number of carbonyl (C=O) groups excluding carboxylic acids is 1. The average Bonchev–Trinajstić information content (AvgIpc) is 2.92. The number of fused-ring (bicyclic) bond motifs is 1. The van der Waals surface area contributed by atoms with Crippen LogP contribution in [0.25, 0.3) is 17.0 Å². The second-order valence-corrected chi connectivity index (χ2v) is 4.29. The van der Waals surface area contributed by atoms with Gasteiger partial charge in [0.2, 0.25) is 0 Å². The number of allylic oxidation sites excluding steroid dienone is 2. The number of ether oxygens (including phenoxy) is 1. The molecule has 1 fully saturated rings. The van der Waals surface area contributed by atoms with Gasteiger partial charge in [-0.2, -0.15) is 0 Å². The number of amides is 1. The molecule has 0 aliphatic carbocycles. The molecule has 0 unspecified atom stereocenters. The lowest BCUT2D eigenvalue weighted by atomic mass is 10.2. The van der Waals surface area contributed by atoms with Gasteiger partial charge in [-0.05, 0) is 36.5 Å². The van der Waals surface area contributed by atoms with Crippen molar-refractivity contribution in [3.8, 4) is 0 Å². The number of nitrogens with one attached hydrogen (secondary N) is 1. The Balaban J connectivity index is 1.81. The first-order chi connectivity index (χ1) is 9.22. The molecule has 2 heterocycles. The third-order valence-corrected chi connectivity index (χ3v) is 2.78. The minimum atomic E-state index is -0.334. The van der Waals surface area contributed by atoms with E-state index in [0.29, 0.717) is 5.76 Å². The van der Waals surface area contributed by atoms with Crippen molar-refractivity contribution in [3.63, 3.8) is 0 Å². The summed E-state index contributed by atoms with van der Waals surface area (Å²) in [5.41, 5.74) is 0.825. The Morgan fingerprint density at radius 1 is 1.26 bits per heavy atom. The highest BCUT2D eigenvalue weighted by atomic mass is 32.1. The second kappa shape index (κ2) is 4.70. The van der Waals surface area contributed by atoms with Gasteiger partial charge in [0.05, 0.1) is 0 Å². The molecular formula is C14H9NO3S. The summed E-state index contributed by atoms with van der Waals surface area (Å²) in [6.07, 6.45) is 4.98. The van der Waals surface area contributed by atoms with Gasteiger partial charge >= 0.3 is 0 Å². The third kappa shape index (κ3) is 2.41. The fourth-order valence-corrected chi connectivity index (χ4v) is 1.93. The lowest BCUT2D eigenvalue weighted by Crippen LogP contribution is -2.18. The normalized spacial score (nSPS) is 17.4. The number of rotatable bonds is 2. The highest BCUT2D eigenvalue weighted by Gasteiger charge is 2.21. The maximum atomic E-state index is 11.3. The summed E-state index contributed by atoms with van der Waals surface area (Å²) in [6, 6.07) is 9.66. The van der Waals surface area contributed by atoms with E-state index in [1.165, 1.54) is 0 Å². The Morgan fingerprint density at radius 2 is 2.11 bits per heavy atom. The molecular weight excluding hydrogens is 262 g/mol. The molecule has 19 heavy (non-hydrogen) atoms. The number of hydrogen-bond acceptors (Lipinski definition) is 4. The van der Waals surface area contributed by atoms with Crippen molar-refractivity contribution in [2.24, 2.45) is 0 Å². The molecule has 5 heteroatoms.